The number of amides is 1. The summed E-state index contributed by atoms with van der Waals surface area (Å²) in [7, 11) is -3.78. The Bertz CT molecular complexity index is 1130. The molecule has 0 saturated heterocycles. The second kappa shape index (κ2) is 10.4. The maximum absolute atomic E-state index is 12.5. The van der Waals surface area contributed by atoms with Crippen molar-refractivity contribution in [3.05, 3.63) is 94.5 Å². The predicted octanol–water partition coefficient (Wildman–Crippen LogP) is 4.40. The van der Waals surface area contributed by atoms with Crippen molar-refractivity contribution in [1.82, 2.24) is 5.32 Å². The van der Waals surface area contributed by atoms with Gasteiger partial charge in [0.05, 0.1) is 28.8 Å². The van der Waals surface area contributed by atoms with E-state index in [-0.39, 0.29) is 21.5 Å². The molecule has 1 amide bonds. The average Bonchev–Trinajstić information content (AvgIpc) is 2.75. The maximum Gasteiger partial charge on any atom is 0.261 e. The van der Waals surface area contributed by atoms with Crippen molar-refractivity contribution in [1.29, 1.82) is 0 Å². The normalized spacial score (nSPS) is 11.2. The molecule has 162 valence electrons. The minimum absolute atomic E-state index is 0.128. The summed E-state index contributed by atoms with van der Waals surface area (Å²) in [5.41, 5.74) is 2.54. The van der Waals surface area contributed by atoms with Crippen LogP contribution in [0.1, 0.15) is 21.5 Å². The summed E-state index contributed by atoms with van der Waals surface area (Å²) in [6, 6.07) is 20.6. The smallest absolute Gasteiger partial charge is 0.261 e. The first-order valence-corrected chi connectivity index (χ1v) is 11.5. The third-order valence-electron chi connectivity index (χ3n) is 4.45. The Hall–Kier alpha value is -2.87. The first-order chi connectivity index (χ1) is 14.8. The zero-order chi connectivity index (χ0) is 22.3. The lowest BCUT2D eigenvalue weighted by Gasteiger charge is -2.11. The molecule has 0 aliphatic carbocycles. The molecule has 0 heterocycles. The van der Waals surface area contributed by atoms with E-state index in [2.05, 4.69) is 10.0 Å². The highest BCUT2D eigenvalue weighted by Crippen LogP contribution is 2.26. The van der Waals surface area contributed by atoms with Gasteiger partial charge in [0, 0.05) is 12.1 Å². The van der Waals surface area contributed by atoms with Crippen molar-refractivity contribution in [3.8, 4) is 0 Å². The van der Waals surface area contributed by atoms with Crippen LogP contribution in [0.15, 0.2) is 77.7 Å². The number of nitrogens with one attached hydrogen (secondary N) is 2. The Labute approximate surface area is 187 Å². The molecule has 0 saturated carbocycles. The molecule has 8 heteroatoms. The summed E-state index contributed by atoms with van der Waals surface area (Å²) < 4.78 is 33.0. The first-order valence-electron chi connectivity index (χ1n) is 9.64. The largest absolute Gasteiger partial charge is 0.375 e. The highest BCUT2D eigenvalue weighted by molar-refractivity contribution is 7.92. The van der Waals surface area contributed by atoms with Crippen LogP contribution in [0.25, 0.3) is 0 Å². The maximum atomic E-state index is 12.5. The van der Waals surface area contributed by atoms with Crippen LogP contribution in [0.2, 0.25) is 5.02 Å². The standard InChI is InChI=1S/C23H23ClN2O4S/c1-17-7-10-20(11-8-17)31(28,29)26-22-12-9-19(15-21(22)24)23(27)25-13-14-30-16-18-5-3-2-4-6-18/h2-12,15,26H,13-14,16H2,1H3,(H,25,27). The molecule has 0 atom stereocenters. The Balaban J connectivity index is 1.53. The fourth-order valence-corrected chi connectivity index (χ4v) is 4.13. The number of anilines is 1. The second-order valence-corrected chi connectivity index (χ2v) is 9.00. The number of hydrogen-bond acceptors (Lipinski definition) is 4. The number of aryl methyl sites for hydroxylation is 1. The van der Waals surface area contributed by atoms with Crippen molar-refractivity contribution < 1.29 is 17.9 Å². The summed E-state index contributed by atoms with van der Waals surface area (Å²) in [5, 5.41) is 2.88. The highest BCUT2D eigenvalue weighted by atomic mass is 35.5. The molecule has 0 spiro atoms. The zero-order valence-corrected chi connectivity index (χ0v) is 18.5. The molecule has 3 rings (SSSR count). The van der Waals surface area contributed by atoms with E-state index in [1.807, 2.05) is 37.3 Å². The summed E-state index contributed by atoms with van der Waals surface area (Å²) >= 11 is 6.21. The summed E-state index contributed by atoms with van der Waals surface area (Å²) in [6.07, 6.45) is 0. The van der Waals surface area contributed by atoms with E-state index in [9.17, 15) is 13.2 Å². The molecular formula is C23H23ClN2O4S. The number of carbonyl (C=O) groups is 1. The van der Waals surface area contributed by atoms with E-state index >= 15 is 0 Å². The van der Waals surface area contributed by atoms with Gasteiger partial charge in [-0.05, 0) is 42.8 Å². The number of ether oxygens (including phenoxy) is 1. The predicted molar refractivity (Wildman–Crippen MR) is 122 cm³/mol. The third-order valence-corrected chi connectivity index (χ3v) is 6.14. The lowest BCUT2D eigenvalue weighted by Crippen LogP contribution is -2.27. The Morgan fingerprint density at radius 2 is 1.71 bits per heavy atom. The molecule has 0 unspecified atom stereocenters. The Morgan fingerprint density at radius 1 is 1.00 bits per heavy atom. The third kappa shape index (κ3) is 6.55. The van der Waals surface area contributed by atoms with Crippen LogP contribution in [0.4, 0.5) is 5.69 Å². The molecule has 0 aliphatic heterocycles. The quantitative estimate of drug-likeness (QED) is 0.465. The molecule has 0 aliphatic rings. The fourth-order valence-electron chi connectivity index (χ4n) is 2.76. The molecule has 0 bridgehead atoms. The van der Waals surface area contributed by atoms with Gasteiger partial charge in [-0.1, -0.05) is 59.6 Å². The molecule has 6 nitrogen and oxygen atoms in total. The van der Waals surface area contributed by atoms with Crippen LogP contribution in [-0.2, 0) is 21.4 Å². The van der Waals surface area contributed by atoms with Crippen molar-refractivity contribution in [2.45, 2.75) is 18.4 Å². The zero-order valence-electron chi connectivity index (χ0n) is 17.0. The topological polar surface area (TPSA) is 84.5 Å². The number of carbonyl (C=O) groups excluding carboxylic acids is 1. The lowest BCUT2D eigenvalue weighted by molar-refractivity contribution is 0.0901. The van der Waals surface area contributed by atoms with Gasteiger partial charge < -0.3 is 10.1 Å². The van der Waals surface area contributed by atoms with Crippen molar-refractivity contribution in [2.24, 2.45) is 0 Å². The Kier molecular flexibility index (Phi) is 7.68. The molecule has 0 fully saturated rings. The summed E-state index contributed by atoms with van der Waals surface area (Å²) in [5.74, 6) is -0.321. The van der Waals surface area contributed by atoms with E-state index in [4.69, 9.17) is 16.3 Å². The molecule has 0 radical (unpaired) electrons. The van der Waals surface area contributed by atoms with Gasteiger partial charge in [0.15, 0.2) is 0 Å². The van der Waals surface area contributed by atoms with E-state index in [0.29, 0.717) is 25.3 Å². The molecular weight excluding hydrogens is 436 g/mol. The molecule has 31 heavy (non-hydrogen) atoms. The van der Waals surface area contributed by atoms with Crippen LogP contribution in [0.3, 0.4) is 0 Å². The van der Waals surface area contributed by atoms with Gasteiger partial charge in [-0.15, -0.1) is 0 Å². The second-order valence-electron chi connectivity index (χ2n) is 6.91. The summed E-state index contributed by atoms with van der Waals surface area (Å²) in [6.45, 7) is 3.05. The van der Waals surface area contributed by atoms with Crippen LogP contribution in [-0.4, -0.2) is 27.5 Å². The molecule has 0 aromatic heterocycles. The van der Waals surface area contributed by atoms with Gasteiger partial charge in [0.2, 0.25) is 0 Å². The highest BCUT2D eigenvalue weighted by Gasteiger charge is 2.16. The lowest BCUT2D eigenvalue weighted by atomic mass is 10.2. The van der Waals surface area contributed by atoms with E-state index in [1.54, 1.807) is 12.1 Å². The minimum atomic E-state index is -3.78. The summed E-state index contributed by atoms with van der Waals surface area (Å²) in [4.78, 5) is 12.4. The number of hydrogen-bond donors (Lipinski definition) is 2. The van der Waals surface area contributed by atoms with Crippen molar-refractivity contribution >= 4 is 33.2 Å². The minimum Gasteiger partial charge on any atom is -0.375 e. The fraction of sp³-hybridized carbons (Fsp3) is 0.174. The number of halogens is 1. The van der Waals surface area contributed by atoms with Gasteiger partial charge in [0.1, 0.15) is 0 Å². The first kappa shape index (κ1) is 22.8. The number of benzene rings is 3. The number of rotatable bonds is 9. The van der Waals surface area contributed by atoms with E-state index in [0.717, 1.165) is 11.1 Å². The van der Waals surface area contributed by atoms with E-state index in [1.165, 1.54) is 30.3 Å². The number of sulfonamides is 1. The monoisotopic (exact) mass is 458 g/mol. The van der Waals surface area contributed by atoms with Crippen LogP contribution in [0, 0.1) is 6.92 Å². The Morgan fingerprint density at radius 3 is 2.39 bits per heavy atom. The van der Waals surface area contributed by atoms with Gasteiger partial charge >= 0.3 is 0 Å². The SMILES string of the molecule is Cc1ccc(S(=O)(=O)Nc2ccc(C(=O)NCCOCc3ccccc3)cc2Cl)cc1. The van der Waals surface area contributed by atoms with Crippen LogP contribution < -0.4 is 10.0 Å². The average molecular weight is 459 g/mol. The molecule has 3 aromatic carbocycles. The van der Waals surface area contributed by atoms with Gasteiger partial charge in [-0.25, -0.2) is 8.42 Å². The van der Waals surface area contributed by atoms with E-state index < -0.39 is 10.0 Å². The molecule has 3 aromatic rings. The van der Waals surface area contributed by atoms with Crippen LogP contribution >= 0.6 is 11.6 Å². The van der Waals surface area contributed by atoms with Crippen LogP contribution in [0.5, 0.6) is 0 Å². The molecule has 2 N–H and O–H groups in total. The van der Waals surface area contributed by atoms with Gasteiger partial charge in [-0.2, -0.15) is 0 Å². The van der Waals surface area contributed by atoms with Gasteiger partial charge in [-0.3, -0.25) is 9.52 Å². The van der Waals surface area contributed by atoms with Crippen molar-refractivity contribution in [2.75, 3.05) is 17.9 Å². The van der Waals surface area contributed by atoms with Crippen molar-refractivity contribution in [3.63, 3.8) is 0 Å². The van der Waals surface area contributed by atoms with Gasteiger partial charge in [0.25, 0.3) is 15.9 Å².